The number of benzene rings is 3. The number of carboxylic acids is 1. The number of amides is 3. The van der Waals surface area contributed by atoms with Gasteiger partial charge >= 0.3 is 12.1 Å². The lowest BCUT2D eigenvalue weighted by molar-refractivity contribution is -0.142. The molecule has 3 atom stereocenters. The monoisotopic (exact) mass is 692 g/mol. The fourth-order valence-corrected chi connectivity index (χ4v) is 5.94. The lowest BCUT2D eigenvalue weighted by Gasteiger charge is -2.32. The smallest absolute Gasteiger partial charge is 0.411 e. The van der Waals surface area contributed by atoms with Crippen molar-refractivity contribution in [3.63, 3.8) is 0 Å². The maximum absolute atomic E-state index is 13.7. The number of hydrogen-bond acceptors (Lipinski definition) is 7. The molecule has 3 aromatic rings. The first kappa shape index (κ1) is 39.3. The fourth-order valence-electron chi connectivity index (χ4n) is 5.46. The van der Waals surface area contributed by atoms with Gasteiger partial charge in [0.1, 0.15) is 18.2 Å². The van der Waals surface area contributed by atoms with Crippen LogP contribution in [-0.4, -0.2) is 88.1 Å². The van der Waals surface area contributed by atoms with Crippen molar-refractivity contribution in [2.75, 3.05) is 31.6 Å². The summed E-state index contributed by atoms with van der Waals surface area (Å²) in [7, 11) is 0. The number of hydrogen-bond donors (Lipinski definition) is 3. The Kier molecular flexibility index (Phi) is 15.4. The van der Waals surface area contributed by atoms with Gasteiger partial charge in [-0.2, -0.15) is 11.8 Å². The van der Waals surface area contributed by atoms with Gasteiger partial charge < -0.3 is 20.5 Å². The minimum absolute atomic E-state index is 0.0273. The first-order chi connectivity index (χ1) is 23.3. The van der Waals surface area contributed by atoms with Crippen LogP contribution in [0.1, 0.15) is 58.6 Å². The van der Waals surface area contributed by atoms with E-state index in [0.717, 1.165) is 28.3 Å². The van der Waals surface area contributed by atoms with Gasteiger partial charge in [0.2, 0.25) is 11.8 Å². The van der Waals surface area contributed by atoms with Crippen LogP contribution < -0.4 is 10.6 Å². The van der Waals surface area contributed by atoms with Crippen molar-refractivity contribution in [1.29, 1.82) is 0 Å². The molecule has 49 heavy (non-hydrogen) atoms. The number of nitrogens with one attached hydrogen (secondary N) is 2. The Morgan fingerprint density at radius 3 is 2.18 bits per heavy atom. The highest BCUT2D eigenvalue weighted by atomic mass is 32.2. The molecule has 3 N–H and O–H groups in total. The molecule has 0 aromatic heterocycles. The van der Waals surface area contributed by atoms with E-state index in [4.69, 9.17) is 4.74 Å². The molecule has 0 radical (unpaired) electrons. The van der Waals surface area contributed by atoms with E-state index >= 15 is 0 Å². The third kappa shape index (κ3) is 13.4. The summed E-state index contributed by atoms with van der Waals surface area (Å²) < 4.78 is 5.64. The van der Waals surface area contributed by atoms with Gasteiger partial charge in [0.05, 0.1) is 6.54 Å². The van der Waals surface area contributed by atoms with E-state index in [1.165, 1.54) is 16.7 Å². The molecule has 0 fully saturated rings. The van der Waals surface area contributed by atoms with Gasteiger partial charge in [0.15, 0.2) is 0 Å². The maximum Gasteiger partial charge on any atom is 0.411 e. The molecule has 0 saturated heterocycles. The summed E-state index contributed by atoms with van der Waals surface area (Å²) in [5, 5.41) is 17.7. The Labute approximate surface area is 294 Å². The van der Waals surface area contributed by atoms with Crippen LogP contribution in [0.15, 0.2) is 72.8 Å². The summed E-state index contributed by atoms with van der Waals surface area (Å²) in [6, 6.07) is 22.1. The van der Waals surface area contributed by atoms with Crippen LogP contribution in [0.2, 0.25) is 0 Å². The molecule has 0 heterocycles. The maximum atomic E-state index is 13.7. The van der Waals surface area contributed by atoms with E-state index in [2.05, 4.69) is 10.6 Å². The van der Waals surface area contributed by atoms with Crippen LogP contribution in [0.3, 0.4) is 0 Å². The number of fused-ring (bicyclic) bond motifs is 1. The Bertz CT molecular complexity index is 1520. The number of nitrogens with zero attached hydrogens (tertiary/aromatic N) is 2. The third-order valence-corrected chi connectivity index (χ3v) is 8.86. The summed E-state index contributed by atoms with van der Waals surface area (Å²) in [5.74, 6) is -1.19. The first-order valence-electron chi connectivity index (χ1n) is 16.8. The highest BCUT2D eigenvalue weighted by Crippen LogP contribution is 2.21. The van der Waals surface area contributed by atoms with Crippen LogP contribution in [0.5, 0.6) is 0 Å². The number of carboxylic acid groups (broad SMARTS) is 1. The Balaban J connectivity index is 1.86. The van der Waals surface area contributed by atoms with E-state index in [1.54, 1.807) is 20.8 Å². The van der Waals surface area contributed by atoms with Crippen molar-refractivity contribution in [2.45, 2.75) is 78.2 Å². The van der Waals surface area contributed by atoms with Gasteiger partial charge in [-0.25, -0.2) is 9.59 Å². The highest BCUT2D eigenvalue weighted by molar-refractivity contribution is 7.98. The summed E-state index contributed by atoms with van der Waals surface area (Å²) in [6.07, 6.45) is 2.38. The molecule has 0 bridgehead atoms. The van der Waals surface area contributed by atoms with Gasteiger partial charge in [0.25, 0.3) is 0 Å². The number of aliphatic carboxylic acids is 1. The number of rotatable bonds is 18. The van der Waals surface area contributed by atoms with Crippen molar-refractivity contribution in [3.05, 3.63) is 83.9 Å². The van der Waals surface area contributed by atoms with Crippen LogP contribution in [0.25, 0.3) is 10.8 Å². The van der Waals surface area contributed by atoms with Crippen LogP contribution >= 0.6 is 11.8 Å². The molecule has 3 aromatic carbocycles. The Hall–Kier alpha value is -4.09. The minimum Gasteiger partial charge on any atom is -0.480 e. The third-order valence-electron chi connectivity index (χ3n) is 8.22. The molecule has 0 spiro atoms. The average Bonchev–Trinajstić information content (AvgIpc) is 3.05. The van der Waals surface area contributed by atoms with Crippen LogP contribution in [0, 0.1) is 5.92 Å². The summed E-state index contributed by atoms with van der Waals surface area (Å²) in [5.41, 5.74) is 1.14. The zero-order valence-electron chi connectivity index (χ0n) is 29.6. The van der Waals surface area contributed by atoms with Crippen molar-refractivity contribution in [2.24, 2.45) is 5.92 Å². The SMILES string of the molecule is CCC(C)[C@@H](CN(CC(=O)N[C@@H](CCSC)C(=O)O)Cc1cccc2ccccc12)NC(=O)CN(Cc1ccccc1)C(=O)OC(C)(C)C. The van der Waals surface area contributed by atoms with Crippen molar-refractivity contribution < 1.29 is 29.0 Å². The molecule has 10 nitrogen and oxygen atoms in total. The number of carbonyl (C=O) groups is 4. The summed E-state index contributed by atoms with van der Waals surface area (Å²) in [4.78, 5) is 55.5. The predicted octanol–water partition coefficient (Wildman–Crippen LogP) is 5.93. The lowest BCUT2D eigenvalue weighted by atomic mass is 9.97. The lowest BCUT2D eigenvalue weighted by Crippen LogP contribution is -2.52. The highest BCUT2D eigenvalue weighted by Gasteiger charge is 2.28. The Morgan fingerprint density at radius 1 is 0.878 bits per heavy atom. The Morgan fingerprint density at radius 2 is 1.53 bits per heavy atom. The molecule has 1 unspecified atom stereocenters. The van der Waals surface area contributed by atoms with Gasteiger partial charge in [-0.1, -0.05) is 93.1 Å². The van der Waals surface area contributed by atoms with Crippen molar-refractivity contribution in [1.82, 2.24) is 20.4 Å². The number of thioether (sulfide) groups is 1. The van der Waals surface area contributed by atoms with E-state index in [0.29, 0.717) is 25.3 Å². The molecule has 11 heteroatoms. The first-order valence-corrected chi connectivity index (χ1v) is 18.2. The van der Waals surface area contributed by atoms with E-state index in [1.807, 2.05) is 97.8 Å². The topological polar surface area (TPSA) is 128 Å². The van der Waals surface area contributed by atoms with Crippen molar-refractivity contribution >= 4 is 46.4 Å². The molecule has 0 aliphatic rings. The molecule has 3 amide bonds. The van der Waals surface area contributed by atoms with Gasteiger partial charge in [-0.15, -0.1) is 0 Å². The second kappa shape index (κ2) is 19.2. The van der Waals surface area contributed by atoms with Crippen LogP contribution in [0.4, 0.5) is 4.79 Å². The minimum atomic E-state index is -1.07. The van der Waals surface area contributed by atoms with Gasteiger partial charge in [-0.05, 0) is 67.0 Å². The number of ether oxygens (including phenoxy) is 1. The second-order valence-electron chi connectivity index (χ2n) is 13.4. The standard InChI is InChI=1S/C38H52N4O6S/c1-7-27(2)33(40-35(44)26-42(37(47)48-38(3,4)5)22-28-14-9-8-10-15-28)24-41(25-34(43)39-32(36(45)46)20-21-49-6)23-30-18-13-17-29-16-11-12-19-31(29)30/h8-19,27,32-33H,7,20-26H2,1-6H3,(H,39,43)(H,40,44)(H,45,46)/t27?,32-,33+/m0/s1. The zero-order chi connectivity index (χ0) is 36.0. The second-order valence-corrected chi connectivity index (χ2v) is 14.4. The van der Waals surface area contributed by atoms with Gasteiger partial charge in [-0.3, -0.25) is 19.4 Å². The predicted molar refractivity (Wildman–Crippen MR) is 196 cm³/mol. The van der Waals surface area contributed by atoms with E-state index in [9.17, 15) is 24.3 Å². The fraction of sp³-hybridized carbons (Fsp3) is 0.474. The molecular weight excluding hydrogens is 641 g/mol. The molecular formula is C38H52N4O6S. The van der Waals surface area contributed by atoms with Gasteiger partial charge in [0, 0.05) is 25.7 Å². The molecule has 0 aliphatic heterocycles. The summed E-state index contributed by atoms with van der Waals surface area (Å²) in [6.45, 7) is 10.1. The average molecular weight is 693 g/mol. The van der Waals surface area contributed by atoms with E-state index in [-0.39, 0.29) is 37.5 Å². The van der Waals surface area contributed by atoms with Crippen LogP contribution in [-0.2, 0) is 32.2 Å². The van der Waals surface area contributed by atoms with E-state index < -0.39 is 29.6 Å². The molecule has 3 rings (SSSR count). The molecule has 0 saturated carbocycles. The largest absolute Gasteiger partial charge is 0.480 e. The normalized spacial score (nSPS) is 13.4. The zero-order valence-corrected chi connectivity index (χ0v) is 30.4. The quantitative estimate of drug-likeness (QED) is 0.150. The molecule has 0 aliphatic carbocycles. The summed E-state index contributed by atoms with van der Waals surface area (Å²) >= 11 is 1.52. The number of carbonyl (C=O) groups excluding carboxylic acids is 3. The molecule has 266 valence electrons. The van der Waals surface area contributed by atoms with Crippen molar-refractivity contribution in [3.8, 4) is 0 Å².